The van der Waals surface area contributed by atoms with Crippen LogP contribution in [-0.2, 0) is 37.7 Å². The highest BCUT2D eigenvalue weighted by atomic mass is 32.2. The lowest BCUT2D eigenvalue weighted by atomic mass is 9.85. The van der Waals surface area contributed by atoms with Gasteiger partial charge in [0.1, 0.15) is 9.90 Å². The zero-order chi connectivity index (χ0) is 43.8. The van der Waals surface area contributed by atoms with Crippen LogP contribution in [0.15, 0.2) is 56.2 Å². The van der Waals surface area contributed by atoms with E-state index in [0.717, 1.165) is 28.8 Å². The summed E-state index contributed by atoms with van der Waals surface area (Å²) in [4.78, 5) is 0.581. The van der Waals surface area contributed by atoms with Gasteiger partial charge < -0.3 is 53.6 Å². The Bertz CT molecular complexity index is 1970. The topological polar surface area (TPSA) is 284 Å². The molecule has 5 aromatic rings. The lowest BCUT2D eigenvalue weighted by Gasteiger charge is -2.21. The van der Waals surface area contributed by atoms with Crippen molar-refractivity contribution >= 4 is 72.0 Å². The van der Waals surface area contributed by atoms with Crippen molar-refractivity contribution in [2.75, 3.05) is 34.9 Å². The van der Waals surface area contributed by atoms with Crippen LogP contribution in [0.1, 0.15) is 109 Å². The Morgan fingerprint density at radius 2 is 1.21 bits per heavy atom. The van der Waals surface area contributed by atoms with Gasteiger partial charge in [-0.3, -0.25) is 0 Å². The van der Waals surface area contributed by atoms with E-state index in [0.29, 0.717) is 26.7 Å². The van der Waals surface area contributed by atoms with E-state index < -0.39 is 32.2 Å². The molecular formula is C38H61N7O7S4. The maximum atomic E-state index is 11.2. The first-order valence-electron chi connectivity index (χ1n) is 17.2. The highest BCUT2D eigenvalue weighted by molar-refractivity contribution is 7.91. The van der Waals surface area contributed by atoms with Crippen molar-refractivity contribution in [2.24, 2.45) is 0 Å². The van der Waals surface area contributed by atoms with Crippen LogP contribution in [0.2, 0.25) is 0 Å². The quantitative estimate of drug-likeness (QED) is 0.0820. The van der Waals surface area contributed by atoms with Crippen molar-refractivity contribution in [3.05, 3.63) is 79.4 Å². The van der Waals surface area contributed by atoms with Crippen molar-refractivity contribution in [2.45, 2.75) is 116 Å². The number of hydrogen-bond acceptors (Lipinski definition) is 17. The molecule has 0 amide bonds. The molecule has 14 nitrogen and oxygen atoms in total. The lowest BCUT2D eigenvalue weighted by molar-refractivity contribution is 0.0785. The minimum absolute atomic E-state index is 0.0969. The molecule has 0 saturated carbocycles. The van der Waals surface area contributed by atoms with Gasteiger partial charge in [0.15, 0.2) is 9.84 Å². The summed E-state index contributed by atoms with van der Waals surface area (Å²) in [6.45, 7) is 21.8. The average molecular weight is 856 g/mol. The Morgan fingerprint density at radius 1 is 0.679 bits per heavy atom. The van der Waals surface area contributed by atoms with Crippen LogP contribution in [0, 0.1) is 6.92 Å². The van der Waals surface area contributed by atoms with E-state index in [9.17, 15) is 28.8 Å². The van der Waals surface area contributed by atoms with Gasteiger partial charge in [0.25, 0.3) is 0 Å². The van der Waals surface area contributed by atoms with Gasteiger partial charge in [0, 0.05) is 45.7 Å². The van der Waals surface area contributed by atoms with Gasteiger partial charge in [-0.15, -0.1) is 22.7 Å². The summed E-state index contributed by atoms with van der Waals surface area (Å²) in [6, 6.07) is 6.19. The second kappa shape index (κ2) is 19.1. The first-order valence-corrected chi connectivity index (χ1v) is 21.7. The van der Waals surface area contributed by atoms with Crippen molar-refractivity contribution in [1.29, 1.82) is 0 Å². The number of nitrogen functional groups attached to an aromatic ring is 5. The molecule has 18 heteroatoms. The molecule has 5 rings (SSSR count). The van der Waals surface area contributed by atoms with Gasteiger partial charge in [-0.1, -0.05) is 43.6 Å². The predicted molar refractivity (Wildman–Crippen MR) is 233 cm³/mol. The summed E-state index contributed by atoms with van der Waals surface area (Å²) < 4.78 is 30.9. The molecule has 14 N–H and O–H groups in total. The summed E-state index contributed by atoms with van der Waals surface area (Å²) >= 11 is 3.86. The number of sulfone groups is 1. The summed E-state index contributed by atoms with van der Waals surface area (Å²) in [5.41, 5.74) is 30.7. The number of benzene rings is 1. The smallest absolute Gasteiger partial charge is 0.228 e. The summed E-state index contributed by atoms with van der Waals surface area (Å²) in [6.07, 6.45) is 4.11. The Morgan fingerprint density at radius 3 is 1.46 bits per heavy atom. The van der Waals surface area contributed by atoms with Gasteiger partial charge >= 0.3 is 0 Å². The fourth-order valence-corrected chi connectivity index (χ4v) is 8.51. The Hall–Kier alpha value is -3.75. The number of anilines is 5. The minimum atomic E-state index is -3.30. The zero-order valence-corrected chi connectivity index (χ0v) is 37.8. The maximum Gasteiger partial charge on any atom is 0.228 e. The van der Waals surface area contributed by atoms with Crippen molar-refractivity contribution in [3.8, 4) is 0 Å². The molecule has 0 saturated heterocycles. The fraction of sp³-hybridized carbons (Fsp3) is 0.474. The van der Waals surface area contributed by atoms with Crippen molar-refractivity contribution in [3.63, 3.8) is 0 Å². The molecule has 0 bridgehead atoms. The normalized spacial score (nSPS) is 12.2. The molecule has 0 spiro atoms. The largest absolute Gasteiger partial charge is 0.398 e. The molecule has 0 unspecified atom stereocenters. The third-order valence-electron chi connectivity index (χ3n) is 7.63. The predicted octanol–water partition coefficient (Wildman–Crippen LogP) is 6.83. The molecule has 0 radical (unpaired) electrons. The van der Waals surface area contributed by atoms with Crippen LogP contribution in [0.3, 0.4) is 0 Å². The lowest BCUT2D eigenvalue weighted by Crippen LogP contribution is -2.16. The molecule has 56 heavy (non-hydrogen) atoms. The molecule has 4 aromatic heterocycles. The van der Waals surface area contributed by atoms with E-state index in [1.54, 1.807) is 61.6 Å². The van der Waals surface area contributed by atoms with Crippen LogP contribution in [0.25, 0.3) is 0 Å². The highest BCUT2D eigenvalue weighted by Crippen LogP contribution is 2.36. The zero-order valence-electron chi connectivity index (χ0n) is 34.5. The Labute approximate surface area is 343 Å². The van der Waals surface area contributed by atoms with Gasteiger partial charge in [-0.05, 0) is 96.3 Å². The van der Waals surface area contributed by atoms with Crippen LogP contribution in [-0.4, -0.2) is 44.6 Å². The third-order valence-corrected chi connectivity index (χ3v) is 11.6. The molecular weight excluding hydrogens is 795 g/mol. The molecule has 0 fully saturated rings. The maximum absolute atomic E-state index is 11.2. The summed E-state index contributed by atoms with van der Waals surface area (Å²) in [5.74, 6) is 0.174. The molecule has 4 heterocycles. The number of nitrogens with zero attached hydrogens (tertiary/aromatic N) is 2. The molecule has 314 valence electrons. The van der Waals surface area contributed by atoms with Crippen LogP contribution < -0.4 is 28.7 Å². The second-order valence-electron chi connectivity index (χ2n) is 16.1. The van der Waals surface area contributed by atoms with Gasteiger partial charge in [-0.2, -0.15) is 4.37 Å². The van der Waals surface area contributed by atoms with Gasteiger partial charge in [0.05, 0.1) is 44.7 Å². The first kappa shape index (κ1) is 50.3. The average Bonchev–Trinajstić information content (AvgIpc) is 3.81. The standard InChI is InChI=1S/C11H17N.C8H13NO3S2.C7H11NOS.C6H10N2O2.C6H10N2OS/c1-8-5-6-10(12)9(7-8)11(2,3)4;1-8(2,10)7-6(9)5(4-13-7)14(3,11)12;1-7(2,9)5-3-10-4-6(5)8;2*1-6(2,9)4-3-8-10-5(4)7/h5-7H,12H2,1-4H3;4,10H,9H2,1-3H3;3-4,9H,8H2,1-2H3;2*3,9H,7H2,1-2H3. The minimum Gasteiger partial charge on any atom is -0.398 e. The monoisotopic (exact) mass is 855 g/mol. The molecule has 0 atom stereocenters. The van der Waals surface area contributed by atoms with Gasteiger partial charge in [-0.25, -0.2) is 8.42 Å². The van der Waals surface area contributed by atoms with E-state index in [-0.39, 0.29) is 21.9 Å². The van der Waals surface area contributed by atoms with Crippen LogP contribution >= 0.6 is 34.2 Å². The molecule has 0 aliphatic carbocycles. The van der Waals surface area contributed by atoms with E-state index in [1.807, 2.05) is 22.9 Å². The van der Waals surface area contributed by atoms with E-state index in [4.69, 9.17) is 28.7 Å². The van der Waals surface area contributed by atoms with Crippen molar-refractivity contribution < 1.29 is 33.4 Å². The summed E-state index contributed by atoms with van der Waals surface area (Å²) in [7, 11) is -3.30. The third kappa shape index (κ3) is 15.7. The van der Waals surface area contributed by atoms with Crippen LogP contribution in [0.5, 0.6) is 0 Å². The molecule has 1 aromatic carbocycles. The molecule has 0 aliphatic rings. The summed E-state index contributed by atoms with van der Waals surface area (Å²) in [5, 5.41) is 47.2. The fourth-order valence-electron chi connectivity index (χ4n) is 4.65. The van der Waals surface area contributed by atoms with E-state index in [2.05, 4.69) is 47.8 Å². The number of thiophene rings is 2. The first-order chi connectivity index (χ1) is 25.1. The number of nitrogens with two attached hydrogens (primary N) is 5. The number of hydrogen-bond donors (Lipinski definition) is 9. The van der Waals surface area contributed by atoms with Crippen molar-refractivity contribution in [1.82, 2.24) is 9.53 Å². The van der Waals surface area contributed by atoms with E-state index in [1.165, 1.54) is 45.6 Å². The van der Waals surface area contributed by atoms with Gasteiger partial charge in [0.2, 0.25) is 5.88 Å². The number of aromatic nitrogens is 2. The Balaban J connectivity index is 0.000000352. The molecule has 0 aliphatic heterocycles. The number of aliphatic hydroxyl groups is 4. The Kier molecular flexibility index (Phi) is 17.2. The van der Waals surface area contributed by atoms with E-state index >= 15 is 0 Å². The number of rotatable bonds is 5. The SMILES string of the molecule is CC(C)(O)c1cnoc1N.CC(C)(O)c1cnsc1N.CC(C)(O)c1cscc1N.CC(C)(O)c1scc(S(C)(=O)=O)c1N.Cc1ccc(N)c(C(C)(C)C)c1. The highest BCUT2D eigenvalue weighted by Gasteiger charge is 2.26. The second-order valence-corrected chi connectivity index (χ2v) is 20.6. The van der Waals surface area contributed by atoms with Crippen LogP contribution in [0.4, 0.5) is 27.9 Å². The number of aryl methyl sites for hydroxylation is 1.